The standard InChI is InChI=1S/C19H24N2O4/c20-18(23)25-16-14-10-21(11-15(14)16)17(22)19(24,13-8-4-5-9-13)12-6-2-1-3-7-12/h1-3,6-7,13-16,24H,4-5,8-11H2,(H2,20,23). The van der Waals surface area contributed by atoms with Crippen molar-refractivity contribution in [3.8, 4) is 0 Å². The van der Waals surface area contributed by atoms with Crippen molar-refractivity contribution >= 4 is 12.0 Å². The summed E-state index contributed by atoms with van der Waals surface area (Å²) in [4.78, 5) is 25.9. The smallest absolute Gasteiger partial charge is 0.404 e. The molecule has 0 aromatic heterocycles. The number of carbonyl (C=O) groups excluding carboxylic acids is 2. The molecule has 1 aromatic rings. The van der Waals surface area contributed by atoms with Crippen LogP contribution in [0.5, 0.6) is 0 Å². The van der Waals surface area contributed by atoms with Crippen LogP contribution in [0.4, 0.5) is 4.79 Å². The molecule has 1 aromatic carbocycles. The van der Waals surface area contributed by atoms with Gasteiger partial charge in [0, 0.05) is 30.8 Å². The van der Waals surface area contributed by atoms with E-state index in [2.05, 4.69) is 0 Å². The summed E-state index contributed by atoms with van der Waals surface area (Å²) in [5.41, 5.74) is 4.29. The first kappa shape index (κ1) is 16.4. The van der Waals surface area contributed by atoms with Gasteiger partial charge in [-0.1, -0.05) is 43.2 Å². The van der Waals surface area contributed by atoms with Crippen LogP contribution in [-0.4, -0.2) is 41.2 Å². The Kier molecular flexibility index (Phi) is 3.95. The fraction of sp³-hybridized carbons (Fsp3) is 0.579. The van der Waals surface area contributed by atoms with Crippen molar-refractivity contribution in [2.45, 2.75) is 37.4 Å². The molecule has 3 atom stereocenters. The van der Waals surface area contributed by atoms with Crippen LogP contribution in [0.3, 0.4) is 0 Å². The molecule has 3 N–H and O–H groups in total. The van der Waals surface area contributed by atoms with Crippen molar-refractivity contribution < 1.29 is 19.4 Å². The number of primary amides is 1. The number of piperidine rings is 1. The monoisotopic (exact) mass is 344 g/mol. The van der Waals surface area contributed by atoms with Crippen LogP contribution in [0.15, 0.2) is 30.3 Å². The van der Waals surface area contributed by atoms with Gasteiger partial charge in [-0.3, -0.25) is 4.79 Å². The maximum atomic E-state index is 13.3. The van der Waals surface area contributed by atoms with E-state index in [1.54, 1.807) is 4.90 Å². The highest BCUT2D eigenvalue weighted by molar-refractivity contribution is 5.87. The predicted molar refractivity (Wildman–Crippen MR) is 90.3 cm³/mol. The number of carbonyl (C=O) groups is 2. The van der Waals surface area contributed by atoms with E-state index in [4.69, 9.17) is 10.5 Å². The second-order valence-electron chi connectivity index (χ2n) is 7.55. The summed E-state index contributed by atoms with van der Waals surface area (Å²) in [5.74, 6) is 0.0488. The number of benzene rings is 1. The zero-order valence-corrected chi connectivity index (χ0v) is 14.1. The van der Waals surface area contributed by atoms with Gasteiger partial charge in [0.1, 0.15) is 6.10 Å². The van der Waals surface area contributed by atoms with E-state index in [1.807, 2.05) is 30.3 Å². The van der Waals surface area contributed by atoms with E-state index in [0.29, 0.717) is 18.7 Å². The summed E-state index contributed by atoms with van der Waals surface area (Å²) in [6.45, 7) is 1.03. The predicted octanol–water partition coefficient (Wildman–Crippen LogP) is 1.62. The molecule has 0 bridgehead atoms. The Hall–Kier alpha value is -2.08. The topological polar surface area (TPSA) is 92.9 Å². The van der Waals surface area contributed by atoms with E-state index in [0.717, 1.165) is 25.7 Å². The van der Waals surface area contributed by atoms with Crippen LogP contribution in [0.1, 0.15) is 31.2 Å². The van der Waals surface area contributed by atoms with E-state index >= 15 is 0 Å². The molecule has 0 spiro atoms. The van der Waals surface area contributed by atoms with Crippen LogP contribution in [-0.2, 0) is 15.1 Å². The van der Waals surface area contributed by atoms with Crippen LogP contribution >= 0.6 is 0 Å². The number of hydrogen-bond donors (Lipinski definition) is 2. The van der Waals surface area contributed by atoms with Crippen LogP contribution < -0.4 is 5.73 Å². The van der Waals surface area contributed by atoms with Crippen molar-refractivity contribution in [1.82, 2.24) is 4.90 Å². The third kappa shape index (κ3) is 2.68. The van der Waals surface area contributed by atoms with Gasteiger partial charge in [-0.25, -0.2) is 4.79 Å². The van der Waals surface area contributed by atoms with E-state index < -0.39 is 11.7 Å². The normalized spacial score (nSPS) is 30.6. The number of ether oxygens (including phenoxy) is 1. The molecule has 1 aliphatic heterocycles. The first-order valence-electron chi connectivity index (χ1n) is 9.05. The number of aliphatic hydroxyl groups is 1. The summed E-state index contributed by atoms with van der Waals surface area (Å²) in [6, 6.07) is 9.29. The second-order valence-corrected chi connectivity index (χ2v) is 7.55. The maximum absolute atomic E-state index is 13.3. The van der Waals surface area contributed by atoms with Crippen molar-refractivity contribution in [2.24, 2.45) is 23.5 Å². The molecular weight excluding hydrogens is 320 g/mol. The van der Waals surface area contributed by atoms with E-state index in [9.17, 15) is 14.7 Å². The van der Waals surface area contributed by atoms with Gasteiger partial charge in [0.15, 0.2) is 5.60 Å². The Bertz CT molecular complexity index is 661. The average molecular weight is 344 g/mol. The summed E-state index contributed by atoms with van der Waals surface area (Å²) in [5, 5.41) is 11.5. The van der Waals surface area contributed by atoms with Crippen LogP contribution in [0, 0.1) is 17.8 Å². The summed E-state index contributed by atoms with van der Waals surface area (Å²) in [7, 11) is 0. The molecule has 25 heavy (non-hydrogen) atoms. The van der Waals surface area contributed by atoms with Gasteiger partial charge in [0.05, 0.1) is 0 Å². The molecule has 1 heterocycles. The zero-order valence-electron chi connectivity index (χ0n) is 14.1. The van der Waals surface area contributed by atoms with Crippen molar-refractivity contribution in [2.75, 3.05) is 13.1 Å². The molecule has 0 radical (unpaired) electrons. The van der Waals surface area contributed by atoms with E-state index in [1.165, 1.54) is 0 Å². The number of fused-ring (bicyclic) bond motifs is 1. The minimum Gasteiger partial charge on any atom is -0.446 e. The molecule has 2 saturated carbocycles. The quantitative estimate of drug-likeness (QED) is 0.868. The summed E-state index contributed by atoms with van der Waals surface area (Å²) < 4.78 is 5.06. The van der Waals surface area contributed by atoms with Crippen molar-refractivity contribution in [3.63, 3.8) is 0 Å². The molecule has 4 rings (SSSR count). The second kappa shape index (κ2) is 6.02. The highest BCUT2D eigenvalue weighted by Crippen LogP contribution is 2.50. The molecule has 6 heteroatoms. The summed E-state index contributed by atoms with van der Waals surface area (Å²) >= 11 is 0. The average Bonchev–Trinajstić information content (AvgIpc) is 3.08. The number of rotatable bonds is 4. The molecule has 134 valence electrons. The lowest BCUT2D eigenvalue weighted by atomic mass is 9.79. The lowest BCUT2D eigenvalue weighted by Gasteiger charge is -2.37. The Morgan fingerprint density at radius 2 is 1.72 bits per heavy atom. The Labute approximate surface area is 146 Å². The van der Waals surface area contributed by atoms with Crippen LogP contribution in [0.2, 0.25) is 0 Å². The molecule has 2 aliphatic carbocycles. The Balaban J connectivity index is 1.53. The van der Waals surface area contributed by atoms with Gasteiger partial charge in [-0.2, -0.15) is 0 Å². The molecule has 2 amide bonds. The maximum Gasteiger partial charge on any atom is 0.404 e. The first-order chi connectivity index (χ1) is 12.0. The largest absolute Gasteiger partial charge is 0.446 e. The lowest BCUT2D eigenvalue weighted by molar-refractivity contribution is -0.159. The zero-order chi connectivity index (χ0) is 17.6. The highest BCUT2D eigenvalue weighted by atomic mass is 16.6. The number of amides is 2. The SMILES string of the molecule is NC(=O)OC1C2CN(C(=O)C(O)(c3ccccc3)C3CCCC3)CC21. The molecule has 3 unspecified atom stereocenters. The fourth-order valence-electron chi connectivity index (χ4n) is 4.76. The number of nitrogens with two attached hydrogens (primary N) is 1. The van der Waals surface area contributed by atoms with Crippen LogP contribution in [0.25, 0.3) is 0 Å². The summed E-state index contributed by atoms with van der Waals surface area (Å²) in [6.07, 6.45) is 2.90. The van der Waals surface area contributed by atoms with Gasteiger partial charge in [-0.15, -0.1) is 0 Å². The molecule has 3 aliphatic rings. The molecule has 6 nitrogen and oxygen atoms in total. The Morgan fingerprint density at radius 3 is 2.28 bits per heavy atom. The molecule has 3 fully saturated rings. The minimum atomic E-state index is -1.46. The van der Waals surface area contributed by atoms with Gasteiger partial charge < -0.3 is 20.5 Å². The molecular formula is C19H24N2O4. The minimum absolute atomic E-state index is 0.0445. The third-order valence-corrected chi connectivity index (χ3v) is 6.14. The molecule has 1 saturated heterocycles. The lowest BCUT2D eigenvalue weighted by Crippen LogP contribution is -2.51. The third-order valence-electron chi connectivity index (χ3n) is 6.14. The van der Waals surface area contributed by atoms with Gasteiger partial charge in [0.25, 0.3) is 5.91 Å². The Morgan fingerprint density at radius 1 is 1.12 bits per heavy atom. The fourth-order valence-corrected chi connectivity index (χ4v) is 4.76. The van der Waals surface area contributed by atoms with Crippen molar-refractivity contribution in [3.05, 3.63) is 35.9 Å². The number of likely N-dealkylation sites (tertiary alicyclic amines) is 1. The number of nitrogens with zero attached hydrogens (tertiary/aromatic N) is 1. The van der Waals surface area contributed by atoms with Crippen molar-refractivity contribution in [1.29, 1.82) is 0 Å². The van der Waals surface area contributed by atoms with Gasteiger partial charge in [0.2, 0.25) is 0 Å². The number of hydrogen-bond acceptors (Lipinski definition) is 4. The van der Waals surface area contributed by atoms with Gasteiger partial charge >= 0.3 is 6.09 Å². The first-order valence-corrected chi connectivity index (χ1v) is 9.05. The highest BCUT2D eigenvalue weighted by Gasteiger charge is 2.61. The van der Waals surface area contributed by atoms with Gasteiger partial charge in [-0.05, 0) is 18.4 Å². The van der Waals surface area contributed by atoms with E-state index in [-0.39, 0.29) is 29.8 Å².